The van der Waals surface area contributed by atoms with Gasteiger partial charge in [0.25, 0.3) is 11.6 Å². The first kappa shape index (κ1) is 19.5. The Morgan fingerprint density at radius 1 is 1.18 bits per heavy atom. The molecule has 1 heterocycles. The van der Waals surface area contributed by atoms with E-state index in [1.807, 2.05) is 11.9 Å². The van der Waals surface area contributed by atoms with Gasteiger partial charge in [-0.3, -0.25) is 14.9 Å². The Kier molecular flexibility index (Phi) is 5.41. The van der Waals surface area contributed by atoms with Gasteiger partial charge in [-0.25, -0.2) is 8.78 Å². The number of phenols is 1. The Hall–Kier alpha value is -3.27. The third kappa shape index (κ3) is 4.01. The summed E-state index contributed by atoms with van der Waals surface area (Å²) < 4.78 is 27.5. The standard InChI is InChI=1S/C18H18F2N4O4/c1-22-4-6-23(7-5-22)16-3-2-11(24(27)28)8-15(16)21-18(26)13-9-12(25)10-14(19)17(13)20/h2-3,8-10,25H,4-7H2,1H3,(H,21,26). The number of piperazine rings is 1. The van der Waals surface area contributed by atoms with Gasteiger partial charge in [0, 0.05) is 44.4 Å². The van der Waals surface area contributed by atoms with E-state index in [-0.39, 0.29) is 11.4 Å². The molecule has 0 spiro atoms. The van der Waals surface area contributed by atoms with E-state index in [2.05, 4.69) is 10.2 Å². The van der Waals surface area contributed by atoms with E-state index >= 15 is 0 Å². The molecule has 2 N–H and O–H groups in total. The fraction of sp³-hybridized carbons (Fsp3) is 0.278. The molecule has 28 heavy (non-hydrogen) atoms. The number of nitrogens with zero attached hydrogens (tertiary/aromatic N) is 3. The summed E-state index contributed by atoms with van der Waals surface area (Å²) in [4.78, 5) is 27.0. The SMILES string of the molecule is CN1CCN(c2ccc([N+](=O)[O-])cc2NC(=O)c2cc(O)cc(F)c2F)CC1. The number of nitrogens with one attached hydrogen (secondary N) is 1. The first-order chi connectivity index (χ1) is 13.3. The highest BCUT2D eigenvalue weighted by molar-refractivity contribution is 6.06. The third-order valence-electron chi connectivity index (χ3n) is 4.54. The van der Waals surface area contributed by atoms with Crippen molar-refractivity contribution >= 4 is 23.0 Å². The molecule has 0 radical (unpaired) electrons. The molecule has 1 aliphatic rings. The number of nitro groups is 1. The van der Waals surface area contributed by atoms with E-state index < -0.39 is 33.8 Å². The van der Waals surface area contributed by atoms with Crippen LogP contribution in [0.1, 0.15) is 10.4 Å². The smallest absolute Gasteiger partial charge is 0.271 e. The normalized spacial score (nSPS) is 14.8. The van der Waals surface area contributed by atoms with Crippen molar-refractivity contribution in [2.24, 2.45) is 0 Å². The minimum Gasteiger partial charge on any atom is -0.508 e. The summed E-state index contributed by atoms with van der Waals surface area (Å²) in [7, 11) is 1.97. The van der Waals surface area contributed by atoms with Crippen LogP contribution < -0.4 is 10.2 Å². The maximum Gasteiger partial charge on any atom is 0.271 e. The van der Waals surface area contributed by atoms with Crippen molar-refractivity contribution in [1.29, 1.82) is 0 Å². The quantitative estimate of drug-likeness (QED) is 0.613. The topological polar surface area (TPSA) is 99.0 Å². The second-order valence-electron chi connectivity index (χ2n) is 6.49. The number of hydrogen-bond acceptors (Lipinski definition) is 6. The van der Waals surface area contributed by atoms with Gasteiger partial charge >= 0.3 is 0 Å². The minimum absolute atomic E-state index is 0.104. The van der Waals surface area contributed by atoms with Crippen LogP contribution in [0.4, 0.5) is 25.8 Å². The molecule has 1 amide bonds. The van der Waals surface area contributed by atoms with Crippen LogP contribution in [0.5, 0.6) is 5.75 Å². The lowest BCUT2D eigenvalue weighted by molar-refractivity contribution is -0.384. The highest BCUT2D eigenvalue weighted by Crippen LogP contribution is 2.32. The molecule has 3 rings (SSSR count). The number of carbonyl (C=O) groups is 1. The number of aromatic hydroxyl groups is 1. The van der Waals surface area contributed by atoms with Crippen molar-refractivity contribution < 1.29 is 23.6 Å². The number of nitro benzene ring substituents is 1. The molecule has 1 saturated heterocycles. The molecule has 8 nitrogen and oxygen atoms in total. The van der Waals surface area contributed by atoms with Crippen LogP contribution in [-0.4, -0.2) is 54.1 Å². The lowest BCUT2D eigenvalue weighted by Gasteiger charge is -2.35. The predicted molar refractivity (Wildman–Crippen MR) is 98.8 cm³/mol. The van der Waals surface area contributed by atoms with Crippen LogP contribution in [0.2, 0.25) is 0 Å². The van der Waals surface area contributed by atoms with E-state index in [1.165, 1.54) is 18.2 Å². The third-order valence-corrected chi connectivity index (χ3v) is 4.54. The van der Waals surface area contributed by atoms with Crippen LogP contribution in [0.25, 0.3) is 0 Å². The summed E-state index contributed by atoms with van der Waals surface area (Å²) in [5.41, 5.74) is -0.316. The highest BCUT2D eigenvalue weighted by Gasteiger charge is 2.23. The summed E-state index contributed by atoms with van der Waals surface area (Å²) in [5.74, 6) is -4.42. The second-order valence-corrected chi connectivity index (χ2v) is 6.49. The zero-order valence-electron chi connectivity index (χ0n) is 15.0. The Bertz CT molecular complexity index is 930. The number of carbonyl (C=O) groups excluding carboxylic acids is 1. The van der Waals surface area contributed by atoms with Gasteiger partial charge in [0.05, 0.1) is 21.9 Å². The lowest BCUT2D eigenvalue weighted by atomic mass is 10.1. The first-order valence-electron chi connectivity index (χ1n) is 8.47. The maximum atomic E-state index is 14.0. The molecule has 2 aromatic rings. The molecule has 0 aromatic heterocycles. The van der Waals surface area contributed by atoms with Gasteiger partial charge in [-0.1, -0.05) is 0 Å². The molecular formula is C18H18F2N4O4. The van der Waals surface area contributed by atoms with Crippen LogP contribution in [0.15, 0.2) is 30.3 Å². The number of non-ortho nitro benzene ring substituents is 1. The molecule has 1 fully saturated rings. The molecule has 148 valence electrons. The highest BCUT2D eigenvalue weighted by atomic mass is 19.2. The summed E-state index contributed by atoms with van der Waals surface area (Å²) in [6, 6.07) is 5.34. The van der Waals surface area contributed by atoms with Crippen molar-refractivity contribution in [2.75, 3.05) is 43.4 Å². The Labute approximate surface area is 159 Å². The van der Waals surface area contributed by atoms with Gasteiger partial charge in [-0.15, -0.1) is 0 Å². The average molecular weight is 392 g/mol. The van der Waals surface area contributed by atoms with Crippen LogP contribution >= 0.6 is 0 Å². The number of halogens is 2. The molecule has 0 saturated carbocycles. The molecular weight excluding hydrogens is 374 g/mol. The monoisotopic (exact) mass is 392 g/mol. The number of benzene rings is 2. The van der Waals surface area contributed by atoms with Crippen molar-refractivity contribution in [2.45, 2.75) is 0 Å². The zero-order valence-corrected chi connectivity index (χ0v) is 15.0. The number of likely N-dealkylation sites (N-methyl/N-ethyl adjacent to an activating group) is 1. The van der Waals surface area contributed by atoms with Gasteiger partial charge in [-0.2, -0.15) is 0 Å². The number of rotatable bonds is 4. The molecule has 2 aromatic carbocycles. The van der Waals surface area contributed by atoms with Crippen molar-refractivity contribution in [3.8, 4) is 5.75 Å². The van der Waals surface area contributed by atoms with Crippen LogP contribution in [0.3, 0.4) is 0 Å². The predicted octanol–water partition coefficient (Wildman–Crippen LogP) is 2.58. The van der Waals surface area contributed by atoms with E-state index in [1.54, 1.807) is 0 Å². The number of amides is 1. The summed E-state index contributed by atoms with van der Waals surface area (Å²) in [5, 5.41) is 23.0. The Morgan fingerprint density at radius 2 is 1.86 bits per heavy atom. The molecule has 0 bridgehead atoms. The Balaban J connectivity index is 1.96. The maximum absolute atomic E-state index is 14.0. The first-order valence-corrected chi connectivity index (χ1v) is 8.47. The van der Waals surface area contributed by atoms with Crippen LogP contribution in [-0.2, 0) is 0 Å². The van der Waals surface area contributed by atoms with Gasteiger partial charge in [-0.05, 0) is 19.2 Å². The van der Waals surface area contributed by atoms with Gasteiger partial charge < -0.3 is 20.2 Å². The van der Waals surface area contributed by atoms with E-state index in [9.17, 15) is 28.8 Å². The van der Waals surface area contributed by atoms with Crippen molar-refractivity contribution in [3.63, 3.8) is 0 Å². The minimum atomic E-state index is -1.41. The molecule has 0 aliphatic carbocycles. The number of phenolic OH excluding ortho intramolecular Hbond substituents is 1. The molecule has 1 aliphatic heterocycles. The molecule has 10 heteroatoms. The molecule has 0 atom stereocenters. The summed E-state index contributed by atoms with van der Waals surface area (Å²) >= 11 is 0. The Morgan fingerprint density at radius 3 is 2.50 bits per heavy atom. The van der Waals surface area contributed by atoms with Crippen molar-refractivity contribution in [1.82, 2.24) is 4.90 Å². The molecule has 0 unspecified atom stereocenters. The van der Waals surface area contributed by atoms with Gasteiger partial charge in [0.2, 0.25) is 0 Å². The van der Waals surface area contributed by atoms with Crippen LogP contribution in [0, 0.1) is 21.7 Å². The number of anilines is 2. The average Bonchev–Trinajstić information content (AvgIpc) is 2.65. The number of hydrogen-bond donors (Lipinski definition) is 2. The zero-order chi connectivity index (χ0) is 20.4. The second kappa shape index (κ2) is 7.77. The van der Waals surface area contributed by atoms with E-state index in [0.29, 0.717) is 24.8 Å². The van der Waals surface area contributed by atoms with E-state index in [0.717, 1.165) is 19.2 Å². The fourth-order valence-corrected chi connectivity index (χ4v) is 2.99. The van der Waals surface area contributed by atoms with Crippen molar-refractivity contribution in [3.05, 3.63) is 57.6 Å². The lowest BCUT2D eigenvalue weighted by Crippen LogP contribution is -2.44. The fourth-order valence-electron chi connectivity index (χ4n) is 2.99. The van der Waals surface area contributed by atoms with E-state index in [4.69, 9.17) is 0 Å². The largest absolute Gasteiger partial charge is 0.508 e. The summed E-state index contributed by atoms with van der Waals surface area (Å²) in [6.07, 6.45) is 0. The van der Waals surface area contributed by atoms with Gasteiger partial charge in [0.15, 0.2) is 11.6 Å². The summed E-state index contributed by atoms with van der Waals surface area (Å²) in [6.45, 7) is 2.78. The van der Waals surface area contributed by atoms with Gasteiger partial charge in [0.1, 0.15) is 5.75 Å².